The fourth-order valence-electron chi connectivity index (χ4n) is 7.40. The van der Waals surface area contributed by atoms with E-state index < -0.39 is 0 Å². The molecule has 0 aliphatic heterocycles. The molecule has 256 valence electrons. The number of nitrogens with zero attached hydrogens (tertiary/aromatic N) is 2. The third-order valence-corrected chi connectivity index (χ3v) is 11.6. The van der Waals surface area contributed by atoms with E-state index in [0.29, 0.717) is 24.3 Å². The Bertz CT molecular complexity index is 1580. The van der Waals surface area contributed by atoms with Gasteiger partial charge in [0.2, 0.25) is 5.91 Å². The van der Waals surface area contributed by atoms with Gasteiger partial charge in [0, 0.05) is 42.7 Å². The molecular formula is C39H49N3O5S. The number of rotatable bonds is 12. The Labute approximate surface area is 288 Å². The summed E-state index contributed by atoms with van der Waals surface area (Å²) < 4.78 is 10.5. The van der Waals surface area contributed by atoms with Gasteiger partial charge in [0.05, 0.1) is 17.0 Å². The van der Waals surface area contributed by atoms with Crippen molar-refractivity contribution in [2.75, 3.05) is 25.2 Å². The van der Waals surface area contributed by atoms with Crippen LogP contribution in [0.3, 0.4) is 0 Å². The minimum Gasteiger partial charge on any atom is -0.496 e. The van der Waals surface area contributed by atoms with Crippen molar-refractivity contribution in [2.24, 2.45) is 11.8 Å². The maximum absolute atomic E-state index is 14.4. The molecule has 1 heterocycles. The molecule has 8 nitrogen and oxygen atoms in total. The summed E-state index contributed by atoms with van der Waals surface area (Å²) in [5, 5.41) is 4.22. The number of amides is 2. The lowest BCUT2D eigenvalue weighted by molar-refractivity contribution is -0.148. The first-order valence-corrected chi connectivity index (χ1v) is 18.6. The number of aromatic nitrogens is 1. The largest absolute Gasteiger partial charge is 0.496 e. The zero-order valence-electron chi connectivity index (χ0n) is 28.5. The van der Waals surface area contributed by atoms with Crippen LogP contribution < -0.4 is 15.0 Å². The predicted octanol–water partition coefficient (Wildman–Crippen LogP) is 7.94. The molecule has 0 atom stereocenters. The van der Waals surface area contributed by atoms with Crippen LogP contribution in [0, 0.1) is 18.8 Å². The maximum Gasteiger partial charge on any atom is 0.306 e. The third kappa shape index (κ3) is 8.46. The van der Waals surface area contributed by atoms with Crippen LogP contribution >= 0.6 is 11.3 Å². The first-order chi connectivity index (χ1) is 23.3. The van der Waals surface area contributed by atoms with E-state index in [4.69, 9.17) is 14.5 Å². The van der Waals surface area contributed by atoms with Gasteiger partial charge in [0.1, 0.15) is 5.75 Å². The number of carbonyl (C=O) groups excluding carboxylic acids is 3. The highest BCUT2D eigenvalue weighted by Gasteiger charge is 2.33. The average Bonchev–Trinajstić information content (AvgIpc) is 3.85. The summed E-state index contributed by atoms with van der Waals surface area (Å²) in [6.45, 7) is 4.27. The predicted molar refractivity (Wildman–Crippen MR) is 189 cm³/mol. The molecule has 0 saturated heterocycles. The molecule has 0 bridgehead atoms. The highest BCUT2D eigenvalue weighted by molar-refractivity contribution is 7.15. The Morgan fingerprint density at radius 1 is 0.938 bits per heavy atom. The van der Waals surface area contributed by atoms with Gasteiger partial charge in [-0.05, 0) is 118 Å². The fraction of sp³-hybridized carbons (Fsp3) is 0.538. The summed E-state index contributed by atoms with van der Waals surface area (Å²) in [4.78, 5) is 46.1. The van der Waals surface area contributed by atoms with Gasteiger partial charge in [-0.15, -0.1) is 11.3 Å². The van der Waals surface area contributed by atoms with Crippen LogP contribution in [0.15, 0.2) is 48.7 Å². The molecule has 6 rings (SSSR count). The normalized spacial score (nSPS) is 22.5. The molecule has 3 aliphatic carbocycles. The molecular weight excluding hydrogens is 623 g/mol. The molecule has 3 aliphatic rings. The monoisotopic (exact) mass is 671 g/mol. The van der Waals surface area contributed by atoms with E-state index in [-0.39, 0.29) is 42.8 Å². The van der Waals surface area contributed by atoms with Crippen molar-refractivity contribution in [3.8, 4) is 16.2 Å². The molecule has 1 aromatic heterocycles. The quantitative estimate of drug-likeness (QED) is 0.196. The Morgan fingerprint density at radius 3 is 2.38 bits per heavy atom. The van der Waals surface area contributed by atoms with Crippen molar-refractivity contribution >= 4 is 34.8 Å². The highest BCUT2D eigenvalue weighted by atomic mass is 32.1. The van der Waals surface area contributed by atoms with E-state index >= 15 is 0 Å². The van der Waals surface area contributed by atoms with Crippen LogP contribution in [0.5, 0.6) is 5.75 Å². The number of nitrogens with one attached hydrogen (secondary N) is 1. The van der Waals surface area contributed by atoms with E-state index in [1.807, 2.05) is 6.20 Å². The molecule has 0 unspecified atom stereocenters. The molecule has 3 saturated carbocycles. The number of hydrogen-bond donors (Lipinski definition) is 1. The number of aryl methyl sites for hydroxylation is 1. The highest BCUT2D eigenvalue weighted by Crippen LogP contribution is 2.44. The van der Waals surface area contributed by atoms with Gasteiger partial charge in [-0.2, -0.15) is 0 Å². The zero-order chi connectivity index (χ0) is 33.6. The van der Waals surface area contributed by atoms with Crippen molar-refractivity contribution in [1.29, 1.82) is 0 Å². The molecule has 2 aromatic carbocycles. The Balaban J connectivity index is 1.13. The zero-order valence-corrected chi connectivity index (χ0v) is 29.4. The van der Waals surface area contributed by atoms with Crippen LogP contribution in [0.1, 0.15) is 106 Å². The van der Waals surface area contributed by atoms with Crippen LogP contribution in [-0.4, -0.2) is 49.1 Å². The van der Waals surface area contributed by atoms with Crippen molar-refractivity contribution < 1.29 is 23.9 Å². The number of esters is 1. The first-order valence-electron chi connectivity index (χ1n) is 17.8. The standard InChI is InChI=1S/C39H49N3O5S/c1-4-37(44)47-24-36(43)41-32-17-14-29(15-18-32)39(45)42(33-7-5-6-31(21-33)35-22-40-38(48-35)28-12-13-28)23-26-8-10-27(11-9-26)30-16-19-34(46-3)25(2)20-30/h5-7,16,19-22,26-29,32H,4,8-15,17-18,23-24H2,1-3H3,(H,41,43). The molecule has 48 heavy (non-hydrogen) atoms. The average molecular weight is 672 g/mol. The number of anilines is 1. The Hall–Kier alpha value is -3.72. The van der Waals surface area contributed by atoms with Crippen molar-refractivity contribution in [1.82, 2.24) is 10.3 Å². The van der Waals surface area contributed by atoms with Gasteiger partial charge in [-0.25, -0.2) is 4.98 Å². The minimum atomic E-state index is -0.383. The van der Waals surface area contributed by atoms with E-state index in [9.17, 15) is 14.4 Å². The molecule has 0 spiro atoms. The lowest BCUT2D eigenvalue weighted by Crippen LogP contribution is -2.44. The van der Waals surface area contributed by atoms with Crippen LogP contribution in [0.25, 0.3) is 10.4 Å². The van der Waals surface area contributed by atoms with E-state index in [2.05, 4.69) is 59.6 Å². The Morgan fingerprint density at radius 2 is 1.69 bits per heavy atom. The van der Waals surface area contributed by atoms with Gasteiger partial charge < -0.3 is 19.7 Å². The second kappa shape index (κ2) is 15.7. The lowest BCUT2D eigenvalue weighted by Gasteiger charge is -2.36. The van der Waals surface area contributed by atoms with Crippen LogP contribution in [-0.2, 0) is 19.1 Å². The van der Waals surface area contributed by atoms with E-state index in [0.717, 1.165) is 73.2 Å². The number of hydrogen-bond acceptors (Lipinski definition) is 7. The number of carbonyl (C=O) groups is 3. The molecule has 1 N–H and O–H groups in total. The smallest absolute Gasteiger partial charge is 0.306 e. The minimum absolute atomic E-state index is 0.0116. The van der Waals surface area contributed by atoms with Gasteiger partial charge in [0.15, 0.2) is 6.61 Å². The summed E-state index contributed by atoms with van der Waals surface area (Å²) >= 11 is 1.78. The SMILES string of the molecule is CCC(=O)OCC(=O)NC1CCC(C(=O)N(CC2CCC(c3ccc(OC)c(C)c3)CC2)c2cccc(-c3cnc(C4CC4)s3)c2)CC1. The van der Waals surface area contributed by atoms with E-state index in [1.54, 1.807) is 25.4 Å². The Kier molecular flexibility index (Phi) is 11.1. The molecule has 3 fully saturated rings. The lowest BCUT2D eigenvalue weighted by atomic mass is 9.78. The van der Waals surface area contributed by atoms with E-state index in [1.165, 1.54) is 29.0 Å². The summed E-state index contributed by atoms with van der Waals surface area (Å²) in [5.41, 5.74) is 4.63. The number of benzene rings is 2. The number of thiazole rings is 1. The van der Waals surface area contributed by atoms with Crippen LogP contribution in [0.2, 0.25) is 0 Å². The summed E-state index contributed by atoms with van der Waals surface area (Å²) in [5.74, 6) is 1.94. The molecule has 2 amide bonds. The maximum atomic E-state index is 14.4. The number of ether oxygens (including phenoxy) is 2. The van der Waals surface area contributed by atoms with Crippen molar-refractivity contribution in [2.45, 2.75) is 102 Å². The third-order valence-electron chi connectivity index (χ3n) is 10.4. The number of methoxy groups -OCH3 is 1. The van der Waals surface area contributed by atoms with Gasteiger partial charge >= 0.3 is 5.97 Å². The van der Waals surface area contributed by atoms with Crippen molar-refractivity contribution in [3.63, 3.8) is 0 Å². The second-order valence-corrected chi connectivity index (χ2v) is 15.0. The van der Waals surface area contributed by atoms with Crippen LogP contribution in [0.4, 0.5) is 5.69 Å². The first kappa shape index (κ1) is 34.2. The van der Waals surface area contributed by atoms with Gasteiger partial charge in [-0.3, -0.25) is 14.4 Å². The molecule has 9 heteroatoms. The second-order valence-electron chi connectivity index (χ2n) is 13.9. The topological polar surface area (TPSA) is 97.8 Å². The fourth-order valence-corrected chi connectivity index (χ4v) is 8.49. The van der Waals surface area contributed by atoms with Gasteiger partial charge in [-0.1, -0.05) is 31.2 Å². The van der Waals surface area contributed by atoms with Gasteiger partial charge in [0.25, 0.3) is 5.91 Å². The molecule has 0 radical (unpaired) electrons. The van der Waals surface area contributed by atoms with Crippen molar-refractivity contribution in [3.05, 3.63) is 64.8 Å². The summed E-state index contributed by atoms with van der Waals surface area (Å²) in [7, 11) is 1.72. The summed E-state index contributed by atoms with van der Waals surface area (Å²) in [6.07, 6.45) is 12.0. The summed E-state index contributed by atoms with van der Waals surface area (Å²) in [6, 6.07) is 15.0. The molecule has 3 aromatic rings.